The van der Waals surface area contributed by atoms with Gasteiger partial charge in [-0.05, 0) is 24.1 Å². The number of benzene rings is 1. The van der Waals surface area contributed by atoms with Gasteiger partial charge >= 0.3 is 0 Å². The van der Waals surface area contributed by atoms with E-state index in [-0.39, 0.29) is 26.0 Å². The zero-order chi connectivity index (χ0) is 15.1. The van der Waals surface area contributed by atoms with E-state index in [1.807, 2.05) is 25.1 Å². The molecule has 1 aromatic rings. The SMILES string of the molecule is CC[C@@H](CO)NC[C@H](O)COCc1ccc2c(c1)OCO2. The first-order valence-corrected chi connectivity index (χ1v) is 7.21. The van der Waals surface area contributed by atoms with Crippen LogP contribution in [-0.2, 0) is 11.3 Å². The average molecular weight is 297 g/mol. The van der Waals surface area contributed by atoms with Crippen molar-refractivity contribution in [3.05, 3.63) is 23.8 Å². The molecule has 1 aromatic carbocycles. The van der Waals surface area contributed by atoms with Crippen molar-refractivity contribution in [1.82, 2.24) is 5.32 Å². The van der Waals surface area contributed by atoms with E-state index >= 15 is 0 Å². The topological polar surface area (TPSA) is 80.2 Å². The summed E-state index contributed by atoms with van der Waals surface area (Å²) >= 11 is 0. The molecular formula is C15H23NO5. The fraction of sp³-hybridized carbons (Fsp3) is 0.600. The Morgan fingerprint density at radius 3 is 2.90 bits per heavy atom. The zero-order valence-electron chi connectivity index (χ0n) is 12.2. The molecule has 0 bridgehead atoms. The van der Waals surface area contributed by atoms with Crippen LogP contribution in [0.5, 0.6) is 11.5 Å². The molecule has 21 heavy (non-hydrogen) atoms. The maximum atomic E-state index is 9.81. The summed E-state index contributed by atoms with van der Waals surface area (Å²) in [5.74, 6) is 1.48. The molecule has 3 N–H and O–H groups in total. The first-order valence-electron chi connectivity index (χ1n) is 7.21. The smallest absolute Gasteiger partial charge is 0.231 e. The minimum absolute atomic E-state index is 0.0218. The number of nitrogens with one attached hydrogen (secondary N) is 1. The fourth-order valence-corrected chi connectivity index (χ4v) is 2.04. The van der Waals surface area contributed by atoms with Gasteiger partial charge in [0.15, 0.2) is 11.5 Å². The number of hydrogen-bond donors (Lipinski definition) is 3. The summed E-state index contributed by atoms with van der Waals surface area (Å²) < 4.78 is 16.0. The lowest BCUT2D eigenvalue weighted by atomic mass is 10.2. The van der Waals surface area contributed by atoms with Gasteiger partial charge in [0.05, 0.1) is 25.9 Å². The van der Waals surface area contributed by atoms with Crippen LogP contribution in [0.25, 0.3) is 0 Å². The van der Waals surface area contributed by atoms with Crippen LogP contribution in [0.15, 0.2) is 18.2 Å². The van der Waals surface area contributed by atoms with Gasteiger partial charge in [0, 0.05) is 12.6 Å². The van der Waals surface area contributed by atoms with E-state index in [1.165, 1.54) is 0 Å². The second-order valence-electron chi connectivity index (χ2n) is 5.05. The Morgan fingerprint density at radius 1 is 1.33 bits per heavy atom. The van der Waals surface area contributed by atoms with E-state index in [0.29, 0.717) is 13.2 Å². The van der Waals surface area contributed by atoms with Gasteiger partial charge < -0.3 is 29.7 Å². The van der Waals surface area contributed by atoms with Crippen molar-refractivity contribution in [2.24, 2.45) is 0 Å². The van der Waals surface area contributed by atoms with Crippen molar-refractivity contribution in [3.8, 4) is 11.5 Å². The maximum Gasteiger partial charge on any atom is 0.231 e. The molecule has 118 valence electrons. The first-order chi connectivity index (χ1) is 10.2. The van der Waals surface area contributed by atoms with Crippen molar-refractivity contribution in [2.45, 2.75) is 32.1 Å². The first kappa shape index (κ1) is 16.0. The van der Waals surface area contributed by atoms with Gasteiger partial charge in [-0.1, -0.05) is 13.0 Å². The van der Waals surface area contributed by atoms with Crippen LogP contribution in [0.1, 0.15) is 18.9 Å². The monoisotopic (exact) mass is 297 g/mol. The minimum Gasteiger partial charge on any atom is -0.454 e. The Bertz CT molecular complexity index is 436. The summed E-state index contributed by atoms with van der Waals surface area (Å²) in [7, 11) is 0. The summed E-state index contributed by atoms with van der Waals surface area (Å²) in [4.78, 5) is 0. The van der Waals surface area contributed by atoms with Crippen molar-refractivity contribution < 1.29 is 24.4 Å². The average Bonchev–Trinajstić information content (AvgIpc) is 2.96. The predicted octanol–water partition coefficient (Wildman–Crippen LogP) is 0.653. The second-order valence-corrected chi connectivity index (χ2v) is 5.05. The van der Waals surface area contributed by atoms with Gasteiger partial charge in [0.1, 0.15) is 0 Å². The Hall–Kier alpha value is -1.34. The number of hydrogen-bond acceptors (Lipinski definition) is 6. The molecule has 0 fully saturated rings. The molecule has 1 aliphatic rings. The molecule has 0 amide bonds. The molecule has 1 aliphatic heterocycles. The van der Waals surface area contributed by atoms with E-state index < -0.39 is 6.10 Å². The molecule has 0 aromatic heterocycles. The maximum absolute atomic E-state index is 9.81. The molecular weight excluding hydrogens is 274 g/mol. The largest absolute Gasteiger partial charge is 0.454 e. The summed E-state index contributed by atoms with van der Waals surface area (Å²) in [6, 6.07) is 5.67. The molecule has 2 rings (SSSR count). The molecule has 0 aliphatic carbocycles. The van der Waals surface area contributed by atoms with Crippen molar-refractivity contribution >= 4 is 0 Å². The number of aliphatic hydroxyl groups is 2. The standard InChI is InChI=1S/C15H23NO5/c1-2-12(7-17)16-6-13(18)9-19-8-11-3-4-14-15(5-11)21-10-20-14/h3-5,12-13,16-18H,2,6-10H2,1H3/t12-,13-/m0/s1. The molecule has 6 nitrogen and oxygen atoms in total. The van der Waals surface area contributed by atoms with Crippen molar-refractivity contribution in [1.29, 1.82) is 0 Å². The van der Waals surface area contributed by atoms with Crippen LogP contribution in [0.3, 0.4) is 0 Å². The summed E-state index contributed by atoms with van der Waals surface area (Å²) in [5, 5.41) is 21.9. The van der Waals surface area contributed by atoms with E-state index in [1.54, 1.807) is 0 Å². The van der Waals surface area contributed by atoms with Crippen LogP contribution in [0.4, 0.5) is 0 Å². The molecule has 0 unspecified atom stereocenters. The summed E-state index contributed by atoms with van der Waals surface area (Å²) in [6.07, 6.45) is 0.223. The number of aliphatic hydroxyl groups excluding tert-OH is 2. The normalized spacial score (nSPS) is 16.0. The van der Waals surface area contributed by atoms with Gasteiger partial charge in [-0.25, -0.2) is 0 Å². The van der Waals surface area contributed by atoms with Crippen molar-refractivity contribution in [2.75, 3.05) is 26.6 Å². The summed E-state index contributed by atoms with van der Waals surface area (Å²) in [6.45, 7) is 3.36. The zero-order valence-corrected chi connectivity index (χ0v) is 12.2. The molecule has 2 atom stereocenters. The molecule has 0 saturated heterocycles. The molecule has 0 saturated carbocycles. The van der Waals surface area contributed by atoms with E-state index in [9.17, 15) is 5.11 Å². The Labute approximate surface area is 124 Å². The summed E-state index contributed by atoms with van der Waals surface area (Å²) in [5.41, 5.74) is 0.973. The van der Waals surface area contributed by atoms with E-state index in [2.05, 4.69) is 5.32 Å². The molecule has 1 heterocycles. The van der Waals surface area contributed by atoms with Gasteiger partial charge in [-0.3, -0.25) is 0 Å². The highest BCUT2D eigenvalue weighted by atomic mass is 16.7. The Morgan fingerprint density at radius 2 is 2.14 bits per heavy atom. The van der Waals surface area contributed by atoms with Gasteiger partial charge in [0.25, 0.3) is 0 Å². The molecule has 6 heteroatoms. The Balaban J connectivity index is 1.67. The highest BCUT2D eigenvalue weighted by Crippen LogP contribution is 2.32. The number of fused-ring (bicyclic) bond motifs is 1. The Kier molecular flexibility index (Phi) is 6.25. The lowest BCUT2D eigenvalue weighted by molar-refractivity contribution is 0.0265. The van der Waals surface area contributed by atoms with Gasteiger partial charge in [-0.15, -0.1) is 0 Å². The second kappa shape index (κ2) is 8.19. The lowest BCUT2D eigenvalue weighted by Crippen LogP contribution is -2.39. The van der Waals surface area contributed by atoms with Crippen LogP contribution >= 0.6 is 0 Å². The lowest BCUT2D eigenvalue weighted by Gasteiger charge is -2.17. The van der Waals surface area contributed by atoms with Crippen LogP contribution < -0.4 is 14.8 Å². The van der Waals surface area contributed by atoms with Crippen LogP contribution in [0, 0.1) is 0 Å². The highest BCUT2D eigenvalue weighted by Gasteiger charge is 2.13. The van der Waals surface area contributed by atoms with Crippen molar-refractivity contribution in [3.63, 3.8) is 0 Å². The van der Waals surface area contributed by atoms with Crippen LogP contribution in [0.2, 0.25) is 0 Å². The van der Waals surface area contributed by atoms with Gasteiger partial charge in [0.2, 0.25) is 6.79 Å². The number of ether oxygens (including phenoxy) is 3. The fourth-order valence-electron chi connectivity index (χ4n) is 2.04. The predicted molar refractivity (Wildman–Crippen MR) is 77.4 cm³/mol. The van der Waals surface area contributed by atoms with Gasteiger partial charge in [-0.2, -0.15) is 0 Å². The quantitative estimate of drug-likeness (QED) is 0.621. The third-order valence-corrected chi connectivity index (χ3v) is 3.37. The van der Waals surface area contributed by atoms with E-state index in [4.69, 9.17) is 19.3 Å². The number of rotatable bonds is 9. The highest BCUT2D eigenvalue weighted by molar-refractivity contribution is 5.44. The molecule has 0 spiro atoms. The molecule has 0 radical (unpaired) electrons. The third-order valence-electron chi connectivity index (χ3n) is 3.37. The minimum atomic E-state index is -0.598. The third kappa shape index (κ3) is 4.86. The van der Waals surface area contributed by atoms with Crippen LogP contribution in [-0.4, -0.2) is 48.9 Å². The van der Waals surface area contributed by atoms with E-state index in [0.717, 1.165) is 23.5 Å².